The van der Waals surface area contributed by atoms with Gasteiger partial charge in [-0.25, -0.2) is 4.98 Å². The van der Waals surface area contributed by atoms with Crippen molar-refractivity contribution in [3.63, 3.8) is 0 Å². The fraction of sp³-hybridized carbons (Fsp3) is 0.444. The molecule has 0 spiro atoms. The Bertz CT molecular complexity index is 686. The molecule has 1 heterocycles. The molecule has 7 heteroatoms. The van der Waals surface area contributed by atoms with Crippen LogP contribution in [-0.4, -0.2) is 22.7 Å². The third-order valence-electron chi connectivity index (χ3n) is 4.12. The Kier molecular flexibility index (Phi) is 8.22. The summed E-state index contributed by atoms with van der Waals surface area (Å²) in [6.45, 7) is 0.551. The molecule has 3 N–H and O–H groups in total. The van der Waals surface area contributed by atoms with Crippen LogP contribution in [0.15, 0.2) is 29.6 Å². The number of thiazole rings is 1. The summed E-state index contributed by atoms with van der Waals surface area (Å²) in [5, 5.41) is 6.45. The molecule has 0 saturated heterocycles. The number of nitrogens with two attached hydrogens (primary N) is 1. The van der Waals surface area contributed by atoms with Crippen molar-refractivity contribution in [1.82, 2.24) is 4.98 Å². The van der Waals surface area contributed by atoms with E-state index in [1.165, 1.54) is 42.6 Å². The Morgan fingerprint density at radius 1 is 1.36 bits per heavy atom. The minimum atomic E-state index is -0.157. The molecule has 1 aromatic carbocycles. The van der Waals surface area contributed by atoms with Gasteiger partial charge in [0, 0.05) is 28.5 Å². The predicted molar refractivity (Wildman–Crippen MR) is 110 cm³/mol. The lowest BCUT2D eigenvalue weighted by Crippen LogP contribution is -2.13. The molecule has 0 aliphatic heterocycles. The van der Waals surface area contributed by atoms with Crippen molar-refractivity contribution in [2.24, 2.45) is 5.73 Å². The van der Waals surface area contributed by atoms with Gasteiger partial charge in [0.05, 0.1) is 5.01 Å². The highest BCUT2D eigenvalue weighted by atomic mass is 35.5. The van der Waals surface area contributed by atoms with Gasteiger partial charge < -0.3 is 11.1 Å². The maximum absolute atomic E-state index is 12.3. The molecule has 0 unspecified atom stereocenters. The van der Waals surface area contributed by atoms with Gasteiger partial charge in [0.2, 0.25) is 0 Å². The molecule has 0 atom stereocenters. The van der Waals surface area contributed by atoms with E-state index in [1.54, 1.807) is 5.38 Å². The van der Waals surface area contributed by atoms with E-state index >= 15 is 0 Å². The van der Waals surface area contributed by atoms with Gasteiger partial charge in [-0.05, 0) is 37.1 Å². The first-order valence-corrected chi connectivity index (χ1v) is 10.3. The molecule has 1 saturated carbocycles. The summed E-state index contributed by atoms with van der Waals surface area (Å²) in [4.78, 5) is 16.6. The number of benzene rings is 1. The van der Waals surface area contributed by atoms with Crippen molar-refractivity contribution >= 4 is 47.1 Å². The van der Waals surface area contributed by atoms with Crippen LogP contribution >= 0.6 is 35.5 Å². The zero-order valence-corrected chi connectivity index (χ0v) is 16.5. The van der Waals surface area contributed by atoms with Gasteiger partial charge in [-0.3, -0.25) is 4.79 Å². The summed E-state index contributed by atoms with van der Waals surface area (Å²) < 4.78 is 0. The molecule has 1 fully saturated rings. The highest BCUT2D eigenvalue weighted by Crippen LogP contribution is 2.31. The van der Waals surface area contributed by atoms with Gasteiger partial charge >= 0.3 is 0 Å². The van der Waals surface area contributed by atoms with E-state index in [1.807, 2.05) is 23.9 Å². The van der Waals surface area contributed by atoms with Crippen LogP contribution in [0.2, 0.25) is 0 Å². The van der Waals surface area contributed by atoms with Gasteiger partial charge in [0.1, 0.15) is 5.69 Å². The smallest absolute Gasteiger partial charge is 0.275 e. The number of carbonyl (C=O) groups is 1. The number of aromatic nitrogens is 1. The number of carbonyl (C=O) groups excluding carboxylic acids is 1. The highest BCUT2D eigenvalue weighted by molar-refractivity contribution is 7.99. The normalized spacial score (nSPS) is 14.3. The monoisotopic (exact) mass is 397 g/mol. The summed E-state index contributed by atoms with van der Waals surface area (Å²) in [7, 11) is 0. The van der Waals surface area contributed by atoms with E-state index < -0.39 is 0 Å². The molecule has 136 valence electrons. The standard InChI is InChI=1S/C18H23N3OS2.ClH/c19-9-8-17-21-16(12-24-17)18(22)20-14-5-3-4-13(10-14)11-23-15-6-1-2-7-15;/h3-5,10,12,15H,1-2,6-9,11,19H2,(H,20,22);1H. The largest absolute Gasteiger partial charge is 0.330 e. The minimum Gasteiger partial charge on any atom is -0.330 e. The van der Waals surface area contributed by atoms with Crippen molar-refractivity contribution in [3.8, 4) is 0 Å². The Morgan fingerprint density at radius 2 is 2.16 bits per heavy atom. The minimum absolute atomic E-state index is 0. The molecule has 25 heavy (non-hydrogen) atoms. The summed E-state index contributed by atoms with van der Waals surface area (Å²) in [6.07, 6.45) is 6.14. The van der Waals surface area contributed by atoms with E-state index in [4.69, 9.17) is 5.73 Å². The molecule has 0 radical (unpaired) electrons. The molecule has 4 nitrogen and oxygen atoms in total. The van der Waals surface area contributed by atoms with Crippen LogP contribution in [0.4, 0.5) is 5.69 Å². The highest BCUT2D eigenvalue weighted by Gasteiger charge is 2.15. The van der Waals surface area contributed by atoms with Gasteiger partial charge in [-0.15, -0.1) is 23.7 Å². The first-order chi connectivity index (χ1) is 11.7. The third kappa shape index (κ3) is 5.99. The first-order valence-electron chi connectivity index (χ1n) is 8.41. The van der Waals surface area contributed by atoms with Crippen LogP contribution in [0.5, 0.6) is 0 Å². The SMILES string of the molecule is Cl.NCCc1nc(C(=O)Nc2cccc(CSC3CCCC3)c2)cs1. The maximum atomic E-state index is 12.3. The van der Waals surface area contributed by atoms with Gasteiger partial charge in [-0.1, -0.05) is 25.0 Å². The molecule has 2 aromatic rings. The van der Waals surface area contributed by atoms with Gasteiger partial charge in [0.25, 0.3) is 5.91 Å². The molecule has 0 bridgehead atoms. The summed E-state index contributed by atoms with van der Waals surface area (Å²) in [6, 6.07) is 8.11. The van der Waals surface area contributed by atoms with Gasteiger partial charge in [-0.2, -0.15) is 11.8 Å². The fourth-order valence-corrected chi connectivity index (χ4v) is 4.93. The number of hydrogen-bond donors (Lipinski definition) is 2. The number of nitrogens with one attached hydrogen (secondary N) is 1. The van der Waals surface area contributed by atoms with Crippen molar-refractivity contribution < 1.29 is 4.79 Å². The molecular formula is C18H24ClN3OS2. The lowest BCUT2D eigenvalue weighted by Gasteiger charge is -2.10. The quantitative estimate of drug-likeness (QED) is 0.721. The van der Waals surface area contributed by atoms with E-state index in [-0.39, 0.29) is 18.3 Å². The fourth-order valence-electron chi connectivity index (χ4n) is 2.86. The number of thioether (sulfide) groups is 1. The zero-order chi connectivity index (χ0) is 16.8. The lowest BCUT2D eigenvalue weighted by atomic mass is 10.2. The van der Waals surface area contributed by atoms with Crippen molar-refractivity contribution in [1.29, 1.82) is 0 Å². The van der Waals surface area contributed by atoms with E-state index in [0.717, 1.165) is 21.7 Å². The van der Waals surface area contributed by atoms with Crippen LogP contribution in [0, 0.1) is 0 Å². The topological polar surface area (TPSA) is 68.0 Å². The number of halogens is 1. The van der Waals surface area contributed by atoms with Gasteiger partial charge in [0.15, 0.2) is 0 Å². The Morgan fingerprint density at radius 3 is 2.92 bits per heavy atom. The summed E-state index contributed by atoms with van der Waals surface area (Å²) in [5.41, 5.74) is 8.08. The zero-order valence-electron chi connectivity index (χ0n) is 14.1. The van der Waals surface area contributed by atoms with E-state index in [0.29, 0.717) is 18.7 Å². The third-order valence-corrected chi connectivity index (χ3v) is 6.47. The summed E-state index contributed by atoms with van der Waals surface area (Å²) in [5.74, 6) is 0.848. The first kappa shape index (κ1) is 20.2. The molecule has 1 aliphatic carbocycles. The molecule has 1 aliphatic rings. The Hall–Kier alpha value is -1.08. The number of hydrogen-bond acceptors (Lipinski definition) is 5. The maximum Gasteiger partial charge on any atom is 0.275 e. The number of amides is 1. The van der Waals surface area contributed by atoms with Crippen molar-refractivity contribution in [3.05, 3.63) is 45.9 Å². The second-order valence-electron chi connectivity index (χ2n) is 6.04. The molecular weight excluding hydrogens is 374 g/mol. The Balaban J connectivity index is 0.00000225. The summed E-state index contributed by atoms with van der Waals surface area (Å²) >= 11 is 3.52. The second-order valence-corrected chi connectivity index (χ2v) is 8.27. The van der Waals surface area contributed by atoms with E-state index in [9.17, 15) is 4.79 Å². The van der Waals surface area contributed by atoms with Crippen LogP contribution in [0.25, 0.3) is 0 Å². The lowest BCUT2D eigenvalue weighted by molar-refractivity contribution is 0.102. The molecule has 1 aromatic heterocycles. The van der Waals surface area contributed by atoms with Crippen molar-refractivity contribution in [2.45, 2.75) is 43.1 Å². The number of rotatable bonds is 7. The van der Waals surface area contributed by atoms with E-state index in [2.05, 4.69) is 22.4 Å². The Labute approximate surface area is 163 Å². The number of anilines is 1. The van der Waals surface area contributed by atoms with Crippen molar-refractivity contribution in [2.75, 3.05) is 11.9 Å². The van der Waals surface area contributed by atoms with Crippen LogP contribution < -0.4 is 11.1 Å². The average Bonchev–Trinajstić information content (AvgIpc) is 3.25. The predicted octanol–water partition coefficient (Wildman–Crippen LogP) is 4.49. The number of nitrogens with zero attached hydrogens (tertiary/aromatic N) is 1. The second kappa shape index (κ2) is 10.2. The van der Waals surface area contributed by atoms with Crippen LogP contribution in [-0.2, 0) is 12.2 Å². The average molecular weight is 398 g/mol. The van der Waals surface area contributed by atoms with Crippen LogP contribution in [0.3, 0.4) is 0 Å². The van der Waals surface area contributed by atoms with Crippen LogP contribution in [0.1, 0.15) is 46.7 Å². The molecule has 3 rings (SSSR count). The molecule has 1 amide bonds.